The molecule has 0 aromatic carbocycles. The minimum absolute atomic E-state index is 0. The van der Waals surface area contributed by atoms with Gasteiger partial charge < -0.3 is 10.9 Å². The molecule has 1 saturated carbocycles. The zero-order valence-corrected chi connectivity index (χ0v) is 21.8. The molecule has 0 atom stereocenters. The van der Waals surface area contributed by atoms with Crippen molar-refractivity contribution in [3.63, 3.8) is 0 Å². The van der Waals surface area contributed by atoms with E-state index in [0.29, 0.717) is 0 Å². The molecule has 0 saturated heterocycles. The summed E-state index contributed by atoms with van der Waals surface area (Å²) in [5.41, 5.74) is 0. The first-order chi connectivity index (χ1) is 13.7. The van der Waals surface area contributed by atoms with Crippen LogP contribution in [0.1, 0.15) is 32.1 Å². The summed E-state index contributed by atoms with van der Waals surface area (Å²) in [7, 11) is 3.33. The van der Waals surface area contributed by atoms with Gasteiger partial charge in [0.15, 0.2) is 0 Å². The Hall–Kier alpha value is -0.290. The van der Waals surface area contributed by atoms with Crippen LogP contribution in [-0.2, 0) is 95.7 Å². The summed E-state index contributed by atoms with van der Waals surface area (Å²) >= 11 is 0. The van der Waals surface area contributed by atoms with E-state index in [2.05, 4.69) is 72.5 Å². The van der Waals surface area contributed by atoms with Crippen molar-refractivity contribution in [3.8, 4) is 0 Å². The average Bonchev–Trinajstić information content (AvgIpc) is 2.79. The van der Waals surface area contributed by atoms with Crippen LogP contribution >= 0.6 is 0 Å². The molecule has 1 aliphatic carbocycles. The molecule has 1 rings (SSSR count). The van der Waals surface area contributed by atoms with Gasteiger partial charge in [-0.25, -0.2) is 0 Å². The molecule has 0 amide bonds. The van der Waals surface area contributed by atoms with Gasteiger partial charge in [-0.05, 0) is 46.2 Å². The first-order valence-corrected chi connectivity index (χ1v) is 6.23. The number of nitrogens with one attached hydrogen (secondary N) is 1. The van der Waals surface area contributed by atoms with Gasteiger partial charge in [0, 0.05) is 19.5 Å². The summed E-state index contributed by atoms with van der Waals surface area (Å²) < 4.78 is 60.0. The van der Waals surface area contributed by atoms with Gasteiger partial charge in [0.1, 0.15) is 0 Å². The normalized spacial score (nSPS) is 7.87. The monoisotopic (exact) mass is 698 g/mol. The molecule has 0 spiro atoms. The minimum atomic E-state index is 0. The largest absolute Gasteiger partial charge is 1.00 e. The average molecular weight is 696 g/mol. The van der Waals surface area contributed by atoms with Gasteiger partial charge >= 0.3 is 129 Å². The summed E-state index contributed by atoms with van der Waals surface area (Å²) in [6.07, 6.45) is 13.5. The Morgan fingerprint density at radius 2 is 0.710 bits per heavy atom. The van der Waals surface area contributed by atoms with Gasteiger partial charge in [-0.1, -0.05) is 19.3 Å². The molecule has 5 radical (unpaired) electrons. The van der Waals surface area contributed by atoms with E-state index >= 15 is 0 Å². The van der Waals surface area contributed by atoms with Crippen molar-refractivity contribution in [3.05, 3.63) is 78.3 Å². The number of rotatable bonds is 0. The van der Waals surface area contributed by atoms with E-state index in [1.165, 1.54) is 37.1 Å². The molecule has 0 aromatic rings. The molecule has 0 aromatic heterocycles. The molecular formula is C18H20N2O8Ru3+. The van der Waals surface area contributed by atoms with Gasteiger partial charge in [0.05, 0.1) is 0 Å². The third-order valence-corrected chi connectivity index (χ3v) is 1.51. The SMILES string of the molecule is CN(C)[NH-].[C-]#[O+].[C-]#[O+].[C-]#[O+].[C-]#[O+].[C-]#[O+].[C-]#[O+].[C-]#[O+].[C-]#[O+].[CH]1[CH]CCCCC[CH]1.[Ru+].[Ru+].[Ru]. The molecule has 0 bridgehead atoms. The molecule has 13 heteroatoms. The van der Waals surface area contributed by atoms with Crippen LogP contribution in [-0.4, -0.2) is 19.1 Å². The number of hydrogen-bond acceptors (Lipinski definition) is 1. The first kappa shape index (κ1) is 77.4. The van der Waals surface area contributed by atoms with E-state index in [-0.39, 0.29) is 58.4 Å². The summed E-state index contributed by atoms with van der Waals surface area (Å²) in [5, 5.41) is 1.25. The summed E-state index contributed by atoms with van der Waals surface area (Å²) in [5.74, 6) is 6.42. The Morgan fingerprint density at radius 1 is 0.548 bits per heavy atom. The zero-order chi connectivity index (χ0) is 25.2. The molecule has 0 unspecified atom stereocenters. The van der Waals surface area contributed by atoms with Crippen molar-refractivity contribution in [2.45, 2.75) is 32.1 Å². The van der Waals surface area contributed by atoms with E-state index in [4.69, 9.17) is 43.1 Å². The van der Waals surface area contributed by atoms with E-state index in [0.717, 1.165) is 0 Å². The number of nitrogens with zero attached hydrogens (tertiary/aromatic N) is 1. The van der Waals surface area contributed by atoms with Crippen LogP contribution in [0.5, 0.6) is 0 Å². The fourth-order valence-electron chi connectivity index (χ4n) is 0.990. The third-order valence-electron chi connectivity index (χ3n) is 1.51. The van der Waals surface area contributed by atoms with Crippen LogP contribution in [0.2, 0.25) is 0 Å². The van der Waals surface area contributed by atoms with E-state index in [1.807, 2.05) is 0 Å². The van der Waals surface area contributed by atoms with E-state index < -0.39 is 0 Å². The number of hydrogen-bond donors (Lipinski definition) is 0. The Morgan fingerprint density at radius 3 is 0.871 bits per heavy atom. The zero-order valence-electron chi connectivity index (χ0n) is 16.5. The Balaban J connectivity index is -0.0000000140. The molecule has 0 aliphatic heterocycles. The summed E-state index contributed by atoms with van der Waals surface area (Å²) in [4.78, 5) is 0. The molecular weight excluding hydrogens is 675 g/mol. The topological polar surface area (TPSA) is 186 Å². The van der Waals surface area contributed by atoms with Crippen molar-refractivity contribution in [2.75, 3.05) is 14.1 Å². The van der Waals surface area contributed by atoms with Gasteiger partial charge in [-0.2, -0.15) is 0 Å². The van der Waals surface area contributed by atoms with Crippen molar-refractivity contribution in [2.24, 2.45) is 0 Å². The first-order valence-electron chi connectivity index (χ1n) is 6.23. The van der Waals surface area contributed by atoms with E-state index in [9.17, 15) is 0 Å². The fraction of sp³-hybridized carbons (Fsp3) is 0.389. The minimum Gasteiger partial charge on any atom is -0.0533 e. The van der Waals surface area contributed by atoms with Gasteiger partial charge in [-0.15, -0.1) is 0 Å². The predicted molar refractivity (Wildman–Crippen MR) is 85.4 cm³/mol. The quantitative estimate of drug-likeness (QED) is 0.161. The predicted octanol–water partition coefficient (Wildman–Crippen LogP) is 2.77. The maximum absolute atomic E-state index is 7.50. The van der Waals surface area contributed by atoms with Crippen LogP contribution < -0.4 is 0 Å². The van der Waals surface area contributed by atoms with Crippen LogP contribution in [0.25, 0.3) is 5.84 Å². The molecule has 10 nitrogen and oxygen atoms in total. The van der Waals surface area contributed by atoms with E-state index in [1.54, 1.807) is 14.1 Å². The maximum Gasteiger partial charge on any atom is 1.00 e. The van der Waals surface area contributed by atoms with Gasteiger partial charge in [0.25, 0.3) is 0 Å². The van der Waals surface area contributed by atoms with Gasteiger partial charge in [0.2, 0.25) is 0 Å². The summed E-state index contributed by atoms with van der Waals surface area (Å²) in [6.45, 7) is 36.0. The Kier molecular flexibility index (Phi) is 533. The van der Waals surface area contributed by atoms with Crippen molar-refractivity contribution in [1.29, 1.82) is 0 Å². The second kappa shape index (κ2) is 213. The van der Waals surface area contributed by atoms with Crippen LogP contribution in [0.15, 0.2) is 0 Å². The fourth-order valence-corrected chi connectivity index (χ4v) is 0.990. The Labute approximate surface area is 224 Å². The summed E-state index contributed by atoms with van der Waals surface area (Å²) in [6, 6.07) is 0. The second-order valence-electron chi connectivity index (χ2n) is 3.20. The molecule has 1 fully saturated rings. The smallest absolute Gasteiger partial charge is 0.0533 e. The van der Waals surface area contributed by atoms with Crippen LogP contribution in [0, 0.1) is 72.5 Å². The molecule has 1 aliphatic rings. The van der Waals surface area contributed by atoms with Gasteiger partial charge in [-0.3, -0.25) is 0 Å². The van der Waals surface area contributed by atoms with Crippen molar-refractivity contribution in [1.82, 2.24) is 5.01 Å². The van der Waals surface area contributed by atoms with Crippen molar-refractivity contribution >= 4 is 0 Å². The standard InChI is InChI=1S/C8H13.C2H7N2.8CO.3Ru/c1-2-4-6-8-7-5-3-1;1-4(2)3;8*1-2;;;/h1-3H,4-8H2;3H,1-2H3;;;;;;;;;;;/q;-1;;;;;;;;;;2*+1. The molecule has 0 heterocycles. The van der Waals surface area contributed by atoms with Crippen LogP contribution in [0.4, 0.5) is 0 Å². The Bertz CT molecular complexity index is 268. The van der Waals surface area contributed by atoms with Crippen molar-refractivity contribution < 1.29 is 95.7 Å². The molecule has 173 valence electrons. The maximum atomic E-state index is 7.50. The second-order valence-corrected chi connectivity index (χ2v) is 3.20. The molecule has 31 heavy (non-hydrogen) atoms. The third kappa shape index (κ3) is 384. The van der Waals surface area contributed by atoms with Crippen LogP contribution in [0.3, 0.4) is 0 Å². The molecule has 1 N–H and O–H groups in total.